The van der Waals surface area contributed by atoms with Crippen molar-refractivity contribution in [3.63, 3.8) is 0 Å². The van der Waals surface area contributed by atoms with E-state index >= 15 is 0 Å². The molecule has 3 aromatic rings. The molecular formula is C24H22FN5O. The standard InChI is InChI=1S/C24H22FN5O/c25-18-3-1-16(2-4-18)23-28-22-21(29-11-13-31-14-12-29)8-10-27-24(22)30(23)19-5-6-20-17(15-19)7-9-26-20/h1-10,15,17,20,26H,11-14H2. The predicted molar refractivity (Wildman–Crippen MR) is 119 cm³/mol. The normalized spacial score (nSPS) is 22.5. The van der Waals surface area contributed by atoms with E-state index in [1.54, 1.807) is 12.1 Å². The Morgan fingerprint density at radius 1 is 1.06 bits per heavy atom. The van der Waals surface area contributed by atoms with Gasteiger partial charge in [-0.3, -0.25) is 4.57 Å². The summed E-state index contributed by atoms with van der Waals surface area (Å²) < 4.78 is 21.2. The highest BCUT2D eigenvalue weighted by molar-refractivity contribution is 5.92. The Labute approximate surface area is 179 Å². The lowest BCUT2D eigenvalue weighted by Crippen LogP contribution is -2.36. The number of aromatic nitrogens is 3. The first-order chi connectivity index (χ1) is 15.3. The van der Waals surface area contributed by atoms with Crippen molar-refractivity contribution < 1.29 is 9.13 Å². The van der Waals surface area contributed by atoms with Gasteiger partial charge >= 0.3 is 0 Å². The summed E-state index contributed by atoms with van der Waals surface area (Å²) in [6, 6.07) is 8.79. The lowest BCUT2D eigenvalue weighted by molar-refractivity contribution is 0.123. The van der Waals surface area contributed by atoms with E-state index in [1.165, 1.54) is 12.1 Å². The minimum Gasteiger partial charge on any atom is -0.384 e. The molecule has 2 atom stereocenters. The molecule has 2 aliphatic heterocycles. The van der Waals surface area contributed by atoms with Crippen LogP contribution in [0.1, 0.15) is 0 Å². The van der Waals surface area contributed by atoms with Crippen LogP contribution in [0.2, 0.25) is 0 Å². The number of nitrogens with zero attached hydrogens (tertiary/aromatic N) is 4. The molecule has 6 nitrogen and oxygen atoms in total. The summed E-state index contributed by atoms with van der Waals surface area (Å²) in [6.07, 6.45) is 12.5. The summed E-state index contributed by atoms with van der Waals surface area (Å²) in [4.78, 5) is 12.1. The van der Waals surface area contributed by atoms with Gasteiger partial charge in [0.05, 0.1) is 24.9 Å². The van der Waals surface area contributed by atoms with Gasteiger partial charge in [-0.2, -0.15) is 0 Å². The Morgan fingerprint density at radius 2 is 1.90 bits per heavy atom. The Hall–Kier alpha value is -3.45. The van der Waals surface area contributed by atoms with Crippen molar-refractivity contribution >= 4 is 22.5 Å². The highest BCUT2D eigenvalue weighted by Crippen LogP contribution is 2.35. The Kier molecular flexibility index (Phi) is 4.35. The van der Waals surface area contributed by atoms with Crippen molar-refractivity contribution in [2.75, 3.05) is 31.2 Å². The van der Waals surface area contributed by atoms with Crippen molar-refractivity contribution in [3.8, 4) is 11.4 Å². The van der Waals surface area contributed by atoms with Crippen molar-refractivity contribution in [1.29, 1.82) is 0 Å². The summed E-state index contributed by atoms with van der Waals surface area (Å²) in [6.45, 7) is 3.04. The Balaban J connectivity index is 1.56. The van der Waals surface area contributed by atoms with E-state index in [1.807, 2.05) is 18.5 Å². The zero-order valence-electron chi connectivity index (χ0n) is 16.9. The van der Waals surface area contributed by atoms with Crippen LogP contribution < -0.4 is 10.2 Å². The summed E-state index contributed by atoms with van der Waals surface area (Å²) in [7, 11) is 0. The fourth-order valence-corrected chi connectivity index (χ4v) is 4.51. The maximum Gasteiger partial charge on any atom is 0.167 e. The number of ether oxygens (including phenoxy) is 1. The van der Waals surface area contributed by atoms with Gasteiger partial charge in [-0.05, 0) is 42.6 Å². The molecule has 0 amide bonds. The number of anilines is 1. The van der Waals surface area contributed by atoms with E-state index in [0.29, 0.717) is 13.2 Å². The first-order valence-corrected chi connectivity index (χ1v) is 10.6. The molecule has 156 valence electrons. The van der Waals surface area contributed by atoms with Gasteiger partial charge in [0.2, 0.25) is 0 Å². The SMILES string of the molecule is Fc1ccc(-c2nc3c(N4CCOCC4)ccnc3n2C2=CC3C=CNC3C=C2)cc1. The fraction of sp³-hybridized carbons (Fsp3) is 0.250. The van der Waals surface area contributed by atoms with Gasteiger partial charge in [0, 0.05) is 36.5 Å². The van der Waals surface area contributed by atoms with Gasteiger partial charge in [0.1, 0.15) is 17.2 Å². The number of rotatable bonds is 3. The van der Waals surface area contributed by atoms with Gasteiger partial charge in [-0.1, -0.05) is 18.2 Å². The first kappa shape index (κ1) is 18.3. The second-order valence-electron chi connectivity index (χ2n) is 7.96. The van der Waals surface area contributed by atoms with Crippen molar-refractivity contribution in [2.24, 2.45) is 5.92 Å². The zero-order valence-corrected chi connectivity index (χ0v) is 16.9. The molecule has 1 saturated heterocycles. The van der Waals surface area contributed by atoms with Crippen molar-refractivity contribution in [3.05, 3.63) is 72.8 Å². The molecule has 1 aliphatic carbocycles. The molecule has 2 aromatic heterocycles. The molecule has 31 heavy (non-hydrogen) atoms. The minimum absolute atomic E-state index is 0.264. The predicted octanol–water partition coefficient (Wildman–Crippen LogP) is 3.59. The molecular weight excluding hydrogens is 393 g/mol. The second-order valence-corrected chi connectivity index (χ2v) is 7.96. The molecule has 4 heterocycles. The molecule has 0 bridgehead atoms. The highest BCUT2D eigenvalue weighted by atomic mass is 19.1. The van der Waals surface area contributed by atoms with Crippen LogP contribution in [-0.2, 0) is 4.74 Å². The number of allylic oxidation sites excluding steroid dienone is 2. The number of morpholine rings is 1. The third-order valence-electron chi connectivity index (χ3n) is 6.10. The number of imidazole rings is 1. The number of hydrogen-bond acceptors (Lipinski definition) is 5. The van der Waals surface area contributed by atoms with Crippen LogP contribution in [-0.4, -0.2) is 46.9 Å². The van der Waals surface area contributed by atoms with Crippen LogP contribution >= 0.6 is 0 Å². The summed E-state index contributed by atoms with van der Waals surface area (Å²) in [5, 5.41) is 3.35. The Bertz CT molecular complexity index is 1220. The zero-order chi connectivity index (χ0) is 20.8. The molecule has 7 heteroatoms. The molecule has 1 N–H and O–H groups in total. The van der Waals surface area contributed by atoms with E-state index < -0.39 is 0 Å². The topological polar surface area (TPSA) is 55.2 Å². The van der Waals surface area contributed by atoms with Crippen LogP contribution in [0.15, 0.2) is 67.0 Å². The molecule has 0 spiro atoms. The van der Waals surface area contributed by atoms with E-state index in [4.69, 9.17) is 14.7 Å². The molecule has 0 saturated carbocycles. The first-order valence-electron chi connectivity index (χ1n) is 10.6. The fourth-order valence-electron chi connectivity index (χ4n) is 4.51. The minimum atomic E-state index is -0.264. The van der Waals surface area contributed by atoms with Gasteiger partial charge in [0.15, 0.2) is 5.65 Å². The van der Waals surface area contributed by atoms with E-state index in [-0.39, 0.29) is 17.8 Å². The average Bonchev–Trinajstić information content (AvgIpc) is 3.44. The van der Waals surface area contributed by atoms with Crippen LogP contribution in [0, 0.1) is 11.7 Å². The summed E-state index contributed by atoms with van der Waals surface area (Å²) in [5.74, 6) is 0.772. The second kappa shape index (κ2) is 7.35. The summed E-state index contributed by atoms with van der Waals surface area (Å²) in [5.41, 5.74) is 4.57. The van der Waals surface area contributed by atoms with Crippen molar-refractivity contribution in [1.82, 2.24) is 19.9 Å². The molecule has 2 unspecified atom stereocenters. The summed E-state index contributed by atoms with van der Waals surface area (Å²) >= 11 is 0. The number of halogens is 1. The molecule has 0 radical (unpaired) electrons. The van der Waals surface area contributed by atoms with Crippen LogP contribution in [0.5, 0.6) is 0 Å². The highest BCUT2D eigenvalue weighted by Gasteiger charge is 2.26. The third-order valence-corrected chi connectivity index (χ3v) is 6.10. The smallest absolute Gasteiger partial charge is 0.167 e. The van der Waals surface area contributed by atoms with Crippen LogP contribution in [0.25, 0.3) is 28.2 Å². The van der Waals surface area contributed by atoms with E-state index in [9.17, 15) is 4.39 Å². The maximum absolute atomic E-state index is 13.6. The number of benzene rings is 1. The van der Waals surface area contributed by atoms with Gasteiger partial charge in [0.25, 0.3) is 0 Å². The van der Waals surface area contributed by atoms with E-state index in [2.05, 4.69) is 39.1 Å². The lowest BCUT2D eigenvalue weighted by Gasteiger charge is -2.28. The largest absolute Gasteiger partial charge is 0.384 e. The lowest BCUT2D eigenvalue weighted by atomic mass is 9.96. The van der Waals surface area contributed by atoms with E-state index in [0.717, 1.165) is 47.0 Å². The molecule has 1 aromatic carbocycles. The van der Waals surface area contributed by atoms with Crippen molar-refractivity contribution in [2.45, 2.75) is 6.04 Å². The van der Waals surface area contributed by atoms with Gasteiger partial charge in [-0.15, -0.1) is 0 Å². The third kappa shape index (κ3) is 3.13. The number of pyridine rings is 1. The molecule has 1 fully saturated rings. The Morgan fingerprint density at radius 3 is 2.74 bits per heavy atom. The monoisotopic (exact) mass is 415 g/mol. The quantitative estimate of drug-likeness (QED) is 0.709. The maximum atomic E-state index is 13.6. The average molecular weight is 415 g/mol. The van der Waals surface area contributed by atoms with Crippen LogP contribution in [0.4, 0.5) is 10.1 Å². The molecule has 3 aliphatic rings. The van der Waals surface area contributed by atoms with Gasteiger partial charge < -0.3 is 15.0 Å². The number of nitrogens with one attached hydrogen (secondary N) is 1. The van der Waals surface area contributed by atoms with Gasteiger partial charge in [-0.25, -0.2) is 14.4 Å². The number of fused-ring (bicyclic) bond motifs is 2. The number of hydrogen-bond donors (Lipinski definition) is 1. The molecule has 6 rings (SSSR count). The van der Waals surface area contributed by atoms with Crippen LogP contribution in [0.3, 0.4) is 0 Å².